The first-order valence-corrected chi connectivity index (χ1v) is 5.54. The second-order valence-electron chi connectivity index (χ2n) is 2.94. The smallest absolute Gasteiger partial charge is 0.169 e. The maximum absolute atomic E-state index is 5.47. The first-order chi connectivity index (χ1) is 7.63. The molecule has 0 saturated carbocycles. The second-order valence-corrected chi connectivity index (χ2v) is 4.13. The molecule has 0 aliphatic carbocycles. The number of halogens is 2. The Labute approximate surface area is 109 Å². The van der Waals surface area contributed by atoms with E-state index in [1.165, 1.54) is 6.20 Å². The van der Waals surface area contributed by atoms with Gasteiger partial charge in [0.15, 0.2) is 5.84 Å². The Morgan fingerprint density at radius 2 is 1.94 bits per heavy atom. The van der Waals surface area contributed by atoms with Crippen LogP contribution in [0.1, 0.15) is 11.1 Å². The first-order valence-electron chi connectivity index (χ1n) is 4.37. The van der Waals surface area contributed by atoms with Gasteiger partial charge in [0.1, 0.15) is 4.49 Å². The average molecular weight is 271 g/mol. The summed E-state index contributed by atoms with van der Waals surface area (Å²) in [5.41, 5.74) is 1.98. The molecule has 1 aromatic carbocycles. The van der Waals surface area contributed by atoms with Gasteiger partial charge in [0.25, 0.3) is 0 Å². The first kappa shape index (κ1) is 13.1. The monoisotopic (exact) mass is 270 g/mol. The van der Waals surface area contributed by atoms with Crippen LogP contribution in [0.3, 0.4) is 0 Å². The maximum atomic E-state index is 5.47. The second kappa shape index (κ2) is 6.56. The Hall–Kier alpha value is -0.990. The minimum atomic E-state index is 0.0594. The molecule has 0 amide bonds. The van der Waals surface area contributed by atoms with Crippen molar-refractivity contribution in [2.75, 3.05) is 0 Å². The van der Waals surface area contributed by atoms with Crippen LogP contribution in [0.4, 0.5) is 0 Å². The molecule has 16 heavy (non-hydrogen) atoms. The topological polar surface area (TPSA) is 24.7 Å². The van der Waals surface area contributed by atoms with Crippen molar-refractivity contribution < 1.29 is 0 Å². The quantitative estimate of drug-likeness (QED) is 0.451. The molecule has 0 aromatic heterocycles. The molecular formula is C11H8Cl2N2S. The summed E-state index contributed by atoms with van der Waals surface area (Å²) in [5, 5.41) is 2.27. The number of hydrogen-bond acceptors (Lipinski definition) is 2. The fraction of sp³-hybridized carbons (Fsp3) is 0.0909. The molecular weight excluding hydrogens is 263 g/mol. The van der Waals surface area contributed by atoms with E-state index in [4.69, 9.17) is 23.2 Å². The zero-order valence-electron chi connectivity index (χ0n) is 8.45. The van der Waals surface area contributed by atoms with Gasteiger partial charge in [-0.2, -0.15) is 4.99 Å². The summed E-state index contributed by atoms with van der Waals surface area (Å²) in [6.45, 7) is 2.00. The highest BCUT2D eigenvalue weighted by Gasteiger charge is 1.99. The van der Waals surface area contributed by atoms with Crippen LogP contribution in [0.2, 0.25) is 0 Å². The maximum Gasteiger partial charge on any atom is 0.169 e. The lowest BCUT2D eigenvalue weighted by molar-refractivity contribution is 1.43. The van der Waals surface area contributed by atoms with Crippen molar-refractivity contribution >= 4 is 46.4 Å². The minimum absolute atomic E-state index is 0.0594. The van der Waals surface area contributed by atoms with Crippen LogP contribution in [-0.2, 0) is 0 Å². The Kier molecular flexibility index (Phi) is 5.36. The molecule has 1 aromatic rings. The minimum Gasteiger partial charge on any atom is -0.233 e. The van der Waals surface area contributed by atoms with Gasteiger partial charge in [-0.15, -0.1) is 0 Å². The summed E-state index contributed by atoms with van der Waals surface area (Å²) < 4.78 is 0.0594. The third kappa shape index (κ3) is 4.25. The van der Waals surface area contributed by atoms with Crippen LogP contribution in [-0.4, -0.2) is 11.0 Å². The molecule has 82 valence electrons. The number of rotatable bonds is 2. The van der Waals surface area contributed by atoms with Crippen molar-refractivity contribution in [2.45, 2.75) is 6.92 Å². The van der Waals surface area contributed by atoms with Crippen LogP contribution >= 0.6 is 35.4 Å². The van der Waals surface area contributed by atoms with Crippen molar-refractivity contribution in [2.24, 2.45) is 9.98 Å². The molecule has 1 rings (SSSR count). The highest BCUT2D eigenvalue weighted by atomic mass is 35.5. The zero-order valence-corrected chi connectivity index (χ0v) is 10.8. The third-order valence-corrected chi connectivity index (χ3v) is 2.03. The molecule has 0 fully saturated rings. The molecule has 0 radical (unpaired) electrons. The Morgan fingerprint density at radius 3 is 2.44 bits per heavy atom. The van der Waals surface area contributed by atoms with Crippen molar-refractivity contribution in [3.8, 4) is 0 Å². The van der Waals surface area contributed by atoms with E-state index < -0.39 is 0 Å². The Bertz CT molecular complexity index is 467. The van der Waals surface area contributed by atoms with E-state index in [2.05, 4.69) is 27.4 Å². The predicted octanol–water partition coefficient (Wildman–Crippen LogP) is 4.12. The van der Waals surface area contributed by atoms with E-state index in [0.29, 0.717) is 5.84 Å². The molecule has 5 heteroatoms. The largest absolute Gasteiger partial charge is 0.233 e. The SMILES string of the molecule is Cc1ccc(C(N=C=S)=NC=C(Cl)Cl)cc1. The molecule has 0 heterocycles. The molecule has 0 spiro atoms. The summed E-state index contributed by atoms with van der Waals surface area (Å²) >= 11 is 15.5. The van der Waals surface area contributed by atoms with Gasteiger partial charge in [-0.05, 0) is 19.1 Å². The van der Waals surface area contributed by atoms with Gasteiger partial charge >= 0.3 is 0 Å². The molecule has 0 aliphatic heterocycles. The highest BCUT2D eigenvalue weighted by Crippen LogP contribution is 2.09. The van der Waals surface area contributed by atoms with Gasteiger partial charge in [0.2, 0.25) is 0 Å². The molecule has 0 atom stereocenters. The number of amidine groups is 1. The summed E-state index contributed by atoms with van der Waals surface area (Å²) in [7, 11) is 0. The van der Waals surface area contributed by atoms with Crippen LogP contribution in [0.5, 0.6) is 0 Å². The molecule has 0 unspecified atom stereocenters. The van der Waals surface area contributed by atoms with E-state index >= 15 is 0 Å². The summed E-state index contributed by atoms with van der Waals surface area (Å²) in [5.74, 6) is 0.425. The number of aliphatic imine (C=N–C) groups is 2. The number of thiocarbonyl (C=S) groups is 1. The molecule has 0 saturated heterocycles. The summed E-state index contributed by atoms with van der Waals surface area (Å²) in [6.07, 6.45) is 1.30. The van der Waals surface area contributed by atoms with Crippen LogP contribution in [0.15, 0.2) is 44.9 Å². The van der Waals surface area contributed by atoms with Gasteiger partial charge in [-0.25, -0.2) is 4.99 Å². The fourth-order valence-corrected chi connectivity index (χ4v) is 1.21. The number of hydrogen-bond donors (Lipinski definition) is 0. The van der Waals surface area contributed by atoms with Crippen molar-refractivity contribution in [1.29, 1.82) is 0 Å². The van der Waals surface area contributed by atoms with Crippen molar-refractivity contribution in [1.82, 2.24) is 0 Å². The summed E-state index contributed by atoms with van der Waals surface area (Å²) in [6, 6.07) is 7.69. The molecule has 0 bridgehead atoms. The molecule has 2 nitrogen and oxygen atoms in total. The van der Waals surface area contributed by atoms with Crippen LogP contribution in [0, 0.1) is 6.92 Å². The van der Waals surface area contributed by atoms with Gasteiger partial charge in [-0.1, -0.05) is 53.0 Å². The van der Waals surface area contributed by atoms with Gasteiger partial charge in [-0.3, -0.25) is 0 Å². The highest BCUT2D eigenvalue weighted by molar-refractivity contribution is 7.78. The van der Waals surface area contributed by atoms with Crippen LogP contribution < -0.4 is 0 Å². The lowest BCUT2D eigenvalue weighted by atomic mass is 10.1. The molecule has 0 N–H and O–H groups in total. The molecule has 0 aliphatic rings. The van der Waals surface area contributed by atoms with Crippen molar-refractivity contribution in [3.05, 3.63) is 46.1 Å². The lowest BCUT2D eigenvalue weighted by Gasteiger charge is -1.98. The summed E-state index contributed by atoms with van der Waals surface area (Å²) in [4.78, 5) is 7.86. The van der Waals surface area contributed by atoms with E-state index in [0.717, 1.165) is 11.1 Å². The standard InChI is InChI=1S/C11H8Cl2N2S/c1-8-2-4-9(5-3-8)11(15-7-16)14-6-10(12)13/h2-6H,1H3. The number of nitrogens with zero attached hydrogens (tertiary/aromatic N) is 2. The normalized spacial score (nSPS) is 10.6. The van der Waals surface area contributed by atoms with Gasteiger partial charge in [0, 0.05) is 5.56 Å². The average Bonchev–Trinajstić information content (AvgIpc) is 2.25. The number of benzene rings is 1. The van der Waals surface area contributed by atoms with Gasteiger partial charge < -0.3 is 0 Å². The number of aryl methyl sites for hydroxylation is 1. The van der Waals surface area contributed by atoms with E-state index in [1.54, 1.807) is 0 Å². The van der Waals surface area contributed by atoms with E-state index in [-0.39, 0.29) is 4.49 Å². The zero-order chi connectivity index (χ0) is 12.0. The van der Waals surface area contributed by atoms with E-state index in [1.807, 2.05) is 31.2 Å². The predicted molar refractivity (Wildman–Crippen MR) is 72.5 cm³/mol. The Balaban J connectivity index is 3.12. The van der Waals surface area contributed by atoms with Crippen molar-refractivity contribution in [3.63, 3.8) is 0 Å². The Morgan fingerprint density at radius 1 is 1.31 bits per heavy atom. The van der Waals surface area contributed by atoms with E-state index in [9.17, 15) is 0 Å². The fourth-order valence-electron chi connectivity index (χ4n) is 1.02. The van der Waals surface area contributed by atoms with Gasteiger partial charge in [0.05, 0.1) is 11.4 Å². The third-order valence-electron chi connectivity index (χ3n) is 1.75. The van der Waals surface area contributed by atoms with Crippen LogP contribution in [0.25, 0.3) is 0 Å². The lowest BCUT2D eigenvalue weighted by Crippen LogP contribution is -1.95. The number of isothiocyanates is 1.